The van der Waals surface area contributed by atoms with Gasteiger partial charge in [0.15, 0.2) is 5.96 Å². The minimum absolute atomic E-state index is 0.573. The molecule has 1 saturated heterocycles. The number of aromatic nitrogens is 3. The van der Waals surface area contributed by atoms with E-state index in [1.807, 2.05) is 23.6 Å². The largest absolute Gasteiger partial charge is 0.443 e. The molecule has 9 heteroatoms. The molecule has 4 rings (SSSR count). The molecule has 27 heavy (non-hydrogen) atoms. The lowest BCUT2D eigenvalue weighted by Crippen LogP contribution is -2.52. The predicted molar refractivity (Wildman–Crippen MR) is 106 cm³/mol. The van der Waals surface area contributed by atoms with Gasteiger partial charge in [-0.05, 0) is 17.5 Å². The van der Waals surface area contributed by atoms with Gasteiger partial charge in [-0.1, -0.05) is 6.07 Å². The number of hydrogen-bond donors (Lipinski definition) is 1. The fourth-order valence-corrected chi connectivity index (χ4v) is 3.63. The first-order chi connectivity index (χ1) is 13.3. The summed E-state index contributed by atoms with van der Waals surface area (Å²) in [4.78, 5) is 23.1. The van der Waals surface area contributed by atoms with E-state index in [2.05, 4.69) is 35.1 Å². The second-order valence-corrected chi connectivity index (χ2v) is 6.99. The normalized spacial score (nSPS) is 15.2. The van der Waals surface area contributed by atoms with Gasteiger partial charge >= 0.3 is 0 Å². The lowest BCUT2D eigenvalue weighted by molar-refractivity contribution is 0.370. The SMILES string of the molecule is CN=C(NCc1coc(-c2cccs2)n1)N1CCN(c2ncccn2)CC1. The Hall–Kier alpha value is -2.94. The maximum atomic E-state index is 5.57. The van der Waals surface area contributed by atoms with Crippen LogP contribution in [0.2, 0.25) is 0 Å². The molecule has 0 unspecified atom stereocenters. The number of piperazine rings is 1. The number of anilines is 1. The number of guanidine groups is 1. The molecule has 0 spiro atoms. The zero-order chi connectivity index (χ0) is 18.5. The van der Waals surface area contributed by atoms with Crippen LogP contribution in [0.25, 0.3) is 10.8 Å². The van der Waals surface area contributed by atoms with Crippen molar-refractivity contribution in [2.75, 3.05) is 38.1 Å². The van der Waals surface area contributed by atoms with Crippen LogP contribution < -0.4 is 10.2 Å². The summed E-state index contributed by atoms with van der Waals surface area (Å²) in [7, 11) is 1.80. The maximum absolute atomic E-state index is 5.57. The van der Waals surface area contributed by atoms with Crippen molar-refractivity contribution in [3.63, 3.8) is 0 Å². The highest BCUT2D eigenvalue weighted by atomic mass is 32.1. The van der Waals surface area contributed by atoms with Crippen LogP contribution in [0.4, 0.5) is 5.95 Å². The van der Waals surface area contributed by atoms with Gasteiger partial charge in [-0.15, -0.1) is 11.3 Å². The van der Waals surface area contributed by atoms with E-state index >= 15 is 0 Å². The van der Waals surface area contributed by atoms with E-state index < -0.39 is 0 Å². The first kappa shape index (κ1) is 17.5. The smallest absolute Gasteiger partial charge is 0.236 e. The Kier molecular flexibility index (Phi) is 5.29. The van der Waals surface area contributed by atoms with Gasteiger partial charge < -0.3 is 19.5 Å². The lowest BCUT2D eigenvalue weighted by atomic mass is 10.3. The van der Waals surface area contributed by atoms with Crippen molar-refractivity contribution in [3.8, 4) is 10.8 Å². The number of oxazole rings is 1. The van der Waals surface area contributed by atoms with Gasteiger partial charge in [-0.25, -0.2) is 15.0 Å². The molecule has 1 aliphatic rings. The molecule has 0 radical (unpaired) electrons. The monoisotopic (exact) mass is 383 g/mol. The van der Waals surface area contributed by atoms with Crippen molar-refractivity contribution in [1.29, 1.82) is 0 Å². The van der Waals surface area contributed by atoms with Crippen molar-refractivity contribution in [2.24, 2.45) is 4.99 Å². The van der Waals surface area contributed by atoms with Crippen LogP contribution in [-0.4, -0.2) is 59.0 Å². The highest BCUT2D eigenvalue weighted by molar-refractivity contribution is 7.13. The average molecular weight is 383 g/mol. The molecule has 3 aromatic heterocycles. The van der Waals surface area contributed by atoms with Crippen LogP contribution >= 0.6 is 11.3 Å². The Morgan fingerprint density at radius 1 is 1.22 bits per heavy atom. The van der Waals surface area contributed by atoms with Gasteiger partial charge in [-0.2, -0.15) is 0 Å². The van der Waals surface area contributed by atoms with Gasteiger partial charge in [0.2, 0.25) is 11.8 Å². The summed E-state index contributed by atoms with van der Waals surface area (Å²) in [5.41, 5.74) is 0.857. The quantitative estimate of drug-likeness (QED) is 0.546. The third-order valence-electron chi connectivity index (χ3n) is 4.34. The summed E-state index contributed by atoms with van der Waals surface area (Å²) in [5, 5.41) is 5.39. The van der Waals surface area contributed by atoms with E-state index in [0.717, 1.165) is 48.7 Å². The third-order valence-corrected chi connectivity index (χ3v) is 5.20. The zero-order valence-electron chi connectivity index (χ0n) is 15.1. The Morgan fingerprint density at radius 2 is 2.04 bits per heavy atom. The Bertz CT molecular complexity index is 870. The number of nitrogens with zero attached hydrogens (tertiary/aromatic N) is 6. The molecule has 3 aromatic rings. The van der Waals surface area contributed by atoms with E-state index in [1.54, 1.807) is 37.0 Å². The van der Waals surface area contributed by atoms with Gasteiger partial charge in [0.05, 0.1) is 17.1 Å². The molecule has 0 saturated carbocycles. The topological polar surface area (TPSA) is 82.7 Å². The standard InChI is InChI=1S/C18H21N7OS/c1-19-17(22-12-14-13-26-16(23-14)15-4-2-11-27-15)24-7-9-25(10-8-24)18-20-5-3-6-21-18/h2-6,11,13H,7-10,12H2,1H3,(H,19,22). The van der Waals surface area contributed by atoms with Crippen molar-refractivity contribution in [3.05, 3.63) is 47.9 Å². The van der Waals surface area contributed by atoms with E-state index in [4.69, 9.17) is 4.42 Å². The van der Waals surface area contributed by atoms with Crippen LogP contribution in [0, 0.1) is 0 Å². The second-order valence-electron chi connectivity index (χ2n) is 6.04. The molecule has 0 bridgehead atoms. The molecule has 140 valence electrons. The fourth-order valence-electron chi connectivity index (χ4n) is 2.98. The predicted octanol–water partition coefficient (Wildman–Crippen LogP) is 2.09. The highest BCUT2D eigenvalue weighted by Crippen LogP contribution is 2.23. The zero-order valence-corrected chi connectivity index (χ0v) is 15.9. The van der Waals surface area contributed by atoms with E-state index in [-0.39, 0.29) is 0 Å². The number of nitrogens with one attached hydrogen (secondary N) is 1. The van der Waals surface area contributed by atoms with Gasteiger partial charge in [-0.3, -0.25) is 4.99 Å². The first-order valence-electron chi connectivity index (χ1n) is 8.79. The molecule has 1 N–H and O–H groups in total. The number of thiophene rings is 1. The maximum Gasteiger partial charge on any atom is 0.236 e. The number of rotatable bonds is 4. The minimum Gasteiger partial charge on any atom is -0.443 e. The van der Waals surface area contributed by atoms with Crippen LogP contribution in [0.1, 0.15) is 5.69 Å². The van der Waals surface area contributed by atoms with Gasteiger partial charge in [0.25, 0.3) is 0 Å². The lowest BCUT2D eigenvalue weighted by Gasteiger charge is -2.36. The van der Waals surface area contributed by atoms with Crippen molar-refractivity contribution < 1.29 is 4.42 Å². The molecule has 0 aliphatic carbocycles. The number of hydrogen-bond acceptors (Lipinski definition) is 7. The molecular weight excluding hydrogens is 362 g/mol. The van der Waals surface area contributed by atoms with E-state index in [9.17, 15) is 0 Å². The average Bonchev–Trinajstić information content (AvgIpc) is 3.41. The minimum atomic E-state index is 0.573. The molecule has 1 fully saturated rings. The van der Waals surface area contributed by atoms with Crippen LogP contribution in [-0.2, 0) is 6.54 Å². The molecule has 8 nitrogen and oxygen atoms in total. The van der Waals surface area contributed by atoms with Gasteiger partial charge in [0.1, 0.15) is 6.26 Å². The summed E-state index contributed by atoms with van der Waals surface area (Å²) in [6, 6.07) is 5.83. The highest BCUT2D eigenvalue weighted by Gasteiger charge is 2.21. The molecule has 1 aliphatic heterocycles. The Balaban J connectivity index is 1.31. The molecular formula is C18H21N7OS. The Labute approximate surface area is 161 Å². The van der Waals surface area contributed by atoms with Crippen molar-refractivity contribution in [1.82, 2.24) is 25.2 Å². The molecule has 0 aromatic carbocycles. The second kappa shape index (κ2) is 8.17. The summed E-state index contributed by atoms with van der Waals surface area (Å²) < 4.78 is 5.57. The summed E-state index contributed by atoms with van der Waals surface area (Å²) >= 11 is 1.62. The summed E-state index contributed by atoms with van der Waals surface area (Å²) in [6.45, 7) is 4.01. The molecule has 0 atom stereocenters. The van der Waals surface area contributed by atoms with Gasteiger partial charge in [0, 0.05) is 45.6 Å². The summed E-state index contributed by atoms with van der Waals surface area (Å²) in [6.07, 6.45) is 5.25. The van der Waals surface area contributed by atoms with Crippen molar-refractivity contribution >= 4 is 23.2 Å². The Morgan fingerprint density at radius 3 is 2.74 bits per heavy atom. The first-order valence-corrected chi connectivity index (χ1v) is 9.67. The molecule has 0 amide bonds. The van der Waals surface area contributed by atoms with E-state index in [1.165, 1.54) is 0 Å². The fraction of sp³-hybridized carbons (Fsp3) is 0.333. The number of aliphatic imine (C=N–C) groups is 1. The van der Waals surface area contributed by atoms with Crippen LogP contribution in [0.5, 0.6) is 0 Å². The molecule has 4 heterocycles. The third kappa shape index (κ3) is 4.08. The summed E-state index contributed by atoms with van der Waals surface area (Å²) in [5.74, 6) is 2.31. The van der Waals surface area contributed by atoms with Crippen molar-refractivity contribution in [2.45, 2.75) is 6.54 Å². The van der Waals surface area contributed by atoms with Crippen LogP contribution in [0.15, 0.2) is 51.6 Å². The van der Waals surface area contributed by atoms with Crippen LogP contribution in [0.3, 0.4) is 0 Å². The van der Waals surface area contributed by atoms with E-state index in [0.29, 0.717) is 12.4 Å².